The number of fused-ring (bicyclic) bond motifs is 1. The van der Waals surface area contributed by atoms with E-state index in [1.807, 2.05) is 35.7 Å². The monoisotopic (exact) mass is 480 g/mol. The zero-order chi connectivity index (χ0) is 21.9. The number of aromatic nitrogens is 2. The van der Waals surface area contributed by atoms with Gasteiger partial charge in [0.2, 0.25) is 5.91 Å². The van der Waals surface area contributed by atoms with E-state index in [9.17, 15) is 4.79 Å². The van der Waals surface area contributed by atoms with Gasteiger partial charge in [-0.15, -0.1) is 22.7 Å². The molecule has 0 bridgehead atoms. The Labute approximate surface area is 199 Å². The lowest BCUT2D eigenvalue weighted by Gasteiger charge is -2.25. The van der Waals surface area contributed by atoms with Crippen molar-refractivity contribution in [2.24, 2.45) is 0 Å². The van der Waals surface area contributed by atoms with Crippen molar-refractivity contribution in [1.82, 2.24) is 14.9 Å². The fourth-order valence-corrected chi connectivity index (χ4v) is 5.96. The van der Waals surface area contributed by atoms with E-state index < -0.39 is 0 Å². The lowest BCUT2D eigenvalue weighted by molar-refractivity contribution is -0.115. The molecule has 2 aromatic heterocycles. The summed E-state index contributed by atoms with van der Waals surface area (Å²) in [5.41, 5.74) is 4.04. The van der Waals surface area contributed by atoms with Gasteiger partial charge in [-0.05, 0) is 11.6 Å². The van der Waals surface area contributed by atoms with Crippen molar-refractivity contribution in [2.75, 3.05) is 11.9 Å². The molecule has 162 valence electrons. The molecule has 0 atom stereocenters. The predicted octanol–water partition coefficient (Wildman–Crippen LogP) is 5.66. The largest absolute Gasteiger partial charge is 0.302 e. The molecule has 2 aromatic carbocycles. The number of rotatable bonds is 6. The zero-order valence-electron chi connectivity index (χ0n) is 17.3. The Morgan fingerprint density at radius 2 is 1.91 bits per heavy atom. The topological polar surface area (TPSA) is 58.1 Å². The molecule has 1 amide bonds. The summed E-state index contributed by atoms with van der Waals surface area (Å²) in [6.45, 7) is 2.77. The number of hydrogen-bond acceptors (Lipinski definition) is 6. The van der Waals surface area contributed by atoms with E-state index in [0.717, 1.165) is 48.0 Å². The number of carbonyl (C=O) groups is 1. The average molecular weight is 481 g/mol. The minimum Gasteiger partial charge on any atom is -0.302 e. The van der Waals surface area contributed by atoms with Crippen molar-refractivity contribution in [2.45, 2.75) is 25.9 Å². The van der Waals surface area contributed by atoms with E-state index in [4.69, 9.17) is 11.6 Å². The van der Waals surface area contributed by atoms with Crippen LogP contribution >= 0.6 is 34.3 Å². The summed E-state index contributed by atoms with van der Waals surface area (Å²) in [7, 11) is 0. The van der Waals surface area contributed by atoms with E-state index in [0.29, 0.717) is 10.2 Å². The second-order valence-corrected chi connectivity index (χ2v) is 10.0. The van der Waals surface area contributed by atoms with Gasteiger partial charge in [-0.25, -0.2) is 9.97 Å². The van der Waals surface area contributed by atoms with Gasteiger partial charge >= 0.3 is 0 Å². The van der Waals surface area contributed by atoms with Gasteiger partial charge in [-0.3, -0.25) is 9.69 Å². The van der Waals surface area contributed by atoms with Crippen LogP contribution in [0, 0.1) is 0 Å². The van der Waals surface area contributed by atoms with Crippen LogP contribution in [0.25, 0.3) is 10.6 Å². The third kappa shape index (κ3) is 4.91. The molecule has 32 heavy (non-hydrogen) atoms. The lowest BCUT2D eigenvalue weighted by Crippen LogP contribution is -2.29. The molecule has 1 aliphatic heterocycles. The van der Waals surface area contributed by atoms with Crippen LogP contribution in [0.4, 0.5) is 5.13 Å². The first-order valence-corrected chi connectivity index (χ1v) is 12.5. The highest BCUT2D eigenvalue weighted by molar-refractivity contribution is 7.16. The molecule has 0 saturated carbocycles. The van der Waals surface area contributed by atoms with Gasteiger partial charge in [0.1, 0.15) is 5.01 Å². The molecule has 5 nitrogen and oxygen atoms in total. The second kappa shape index (κ2) is 9.50. The fourth-order valence-electron chi connectivity index (χ4n) is 3.75. The van der Waals surface area contributed by atoms with E-state index >= 15 is 0 Å². The summed E-state index contributed by atoms with van der Waals surface area (Å²) in [5.74, 6) is -0.103. The molecule has 0 unspecified atom stereocenters. The van der Waals surface area contributed by atoms with E-state index in [1.165, 1.54) is 21.8 Å². The van der Waals surface area contributed by atoms with Crippen molar-refractivity contribution in [3.8, 4) is 10.6 Å². The van der Waals surface area contributed by atoms with Crippen LogP contribution in [0.5, 0.6) is 0 Å². The highest BCUT2D eigenvalue weighted by Crippen LogP contribution is 2.31. The van der Waals surface area contributed by atoms with Gasteiger partial charge in [0.25, 0.3) is 0 Å². The molecular formula is C24H21ClN4OS2. The summed E-state index contributed by atoms with van der Waals surface area (Å²) in [6.07, 6.45) is 1.12. The number of hydrogen-bond donors (Lipinski definition) is 1. The highest BCUT2D eigenvalue weighted by atomic mass is 35.5. The van der Waals surface area contributed by atoms with Crippen LogP contribution in [0.3, 0.4) is 0 Å². The quantitative estimate of drug-likeness (QED) is 0.387. The number of halogens is 1. The fraction of sp³-hybridized carbons (Fsp3) is 0.208. The summed E-state index contributed by atoms with van der Waals surface area (Å²) < 4.78 is 0. The maximum atomic E-state index is 12.6. The van der Waals surface area contributed by atoms with Crippen molar-refractivity contribution in [1.29, 1.82) is 0 Å². The van der Waals surface area contributed by atoms with Gasteiger partial charge in [-0.1, -0.05) is 60.1 Å². The van der Waals surface area contributed by atoms with Crippen LogP contribution in [0.1, 0.15) is 21.8 Å². The number of carbonyl (C=O) groups excluding carboxylic acids is 1. The molecule has 3 heterocycles. The number of thiazole rings is 2. The summed E-state index contributed by atoms with van der Waals surface area (Å²) in [4.78, 5) is 25.5. The number of amides is 1. The minimum absolute atomic E-state index is 0.103. The molecule has 5 rings (SSSR count). The Morgan fingerprint density at radius 1 is 1.09 bits per heavy atom. The van der Waals surface area contributed by atoms with Gasteiger partial charge < -0.3 is 5.32 Å². The number of nitrogens with zero attached hydrogens (tertiary/aromatic N) is 3. The Hall–Kier alpha value is -2.58. The van der Waals surface area contributed by atoms with Gasteiger partial charge in [0.05, 0.1) is 22.8 Å². The lowest BCUT2D eigenvalue weighted by atomic mass is 10.1. The zero-order valence-corrected chi connectivity index (χ0v) is 19.6. The third-order valence-corrected chi connectivity index (χ3v) is 7.56. The molecule has 0 aliphatic carbocycles. The Bertz CT molecular complexity index is 1240. The first-order valence-electron chi connectivity index (χ1n) is 10.4. The molecule has 4 aromatic rings. The number of benzene rings is 2. The van der Waals surface area contributed by atoms with Crippen molar-refractivity contribution in [3.05, 3.63) is 86.8 Å². The predicted molar refractivity (Wildman–Crippen MR) is 131 cm³/mol. The minimum atomic E-state index is -0.103. The normalized spacial score (nSPS) is 13.7. The maximum Gasteiger partial charge on any atom is 0.232 e. The van der Waals surface area contributed by atoms with Crippen LogP contribution in [0.15, 0.2) is 60.0 Å². The maximum absolute atomic E-state index is 12.6. The molecular weight excluding hydrogens is 460 g/mol. The SMILES string of the molecule is O=C(Cc1csc(-c2ccccc2Cl)n1)Nc1nc2c(s1)CN(Cc1ccccc1)CC2. The first kappa shape index (κ1) is 21.3. The van der Waals surface area contributed by atoms with Gasteiger partial charge in [0.15, 0.2) is 5.13 Å². The Kier molecular flexibility index (Phi) is 6.32. The molecule has 0 radical (unpaired) electrons. The number of anilines is 1. The second-order valence-electron chi connectivity index (χ2n) is 7.68. The standard InChI is InChI=1S/C24H21ClN4OS2/c25-19-9-5-4-8-18(19)23-26-17(15-31-23)12-22(30)28-24-27-20-10-11-29(14-21(20)32-24)13-16-6-2-1-3-7-16/h1-9,15H,10-14H2,(H,27,28,30). The van der Waals surface area contributed by atoms with Crippen LogP contribution in [0.2, 0.25) is 5.02 Å². The van der Waals surface area contributed by atoms with E-state index in [1.54, 1.807) is 11.3 Å². The molecule has 0 spiro atoms. The van der Waals surface area contributed by atoms with Crippen LogP contribution < -0.4 is 5.32 Å². The Balaban J connectivity index is 1.20. The van der Waals surface area contributed by atoms with E-state index in [2.05, 4.69) is 44.5 Å². The van der Waals surface area contributed by atoms with Crippen molar-refractivity contribution in [3.63, 3.8) is 0 Å². The van der Waals surface area contributed by atoms with Crippen LogP contribution in [-0.2, 0) is 30.7 Å². The molecule has 8 heteroatoms. The van der Waals surface area contributed by atoms with Gasteiger partial charge in [0, 0.05) is 41.9 Å². The van der Waals surface area contributed by atoms with Crippen molar-refractivity contribution >= 4 is 45.3 Å². The first-order chi connectivity index (χ1) is 15.6. The Morgan fingerprint density at radius 3 is 2.75 bits per heavy atom. The third-order valence-electron chi connectivity index (χ3n) is 5.30. The van der Waals surface area contributed by atoms with Crippen LogP contribution in [-0.4, -0.2) is 27.3 Å². The van der Waals surface area contributed by atoms with Gasteiger partial charge in [-0.2, -0.15) is 0 Å². The summed E-state index contributed by atoms with van der Waals surface area (Å²) >= 11 is 9.33. The molecule has 0 saturated heterocycles. The number of nitrogens with one attached hydrogen (secondary N) is 1. The summed E-state index contributed by atoms with van der Waals surface area (Å²) in [5, 5.41) is 7.02. The average Bonchev–Trinajstić information content (AvgIpc) is 3.41. The summed E-state index contributed by atoms with van der Waals surface area (Å²) in [6, 6.07) is 18.1. The highest BCUT2D eigenvalue weighted by Gasteiger charge is 2.22. The molecule has 0 fully saturated rings. The molecule has 1 N–H and O–H groups in total. The smallest absolute Gasteiger partial charge is 0.232 e. The van der Waals surface area contributed by atoms with Crippen molar-refractivity contribution < 1.29 is 4.79 Å². The molecule has 1 aliphatic rings. The van der Waals surface area contributed by atoms with E-state index in [-0.39, 0.29) is 12.3 Å².